The Balaban J connectivity index is 7.36. The molecule has 475 valence electrons. The Morgan fingerprint density at radius 3 is 1.62 bits per heavy atom. The van der Waals surface area contributed by atoms with Crippen LogP contribution in [-0.4, -0.2) is 101 Å². The Bertz CT molecular complexity index is 1350. The number of ether oxygens (including phenoxy) is 11. The lowest BCUT2D eigenvalue weighted by Crippen LogP contribution is -2.54. The van der Waals surface area contributed by atoms with E-state index in [9.17, 15) is 5.11 Å². The first-order valence-corrected chi connectivity index (χ1v) is 33.2. The van der Waals surface area contributed by atoms with Gasteiger partial charge in [-0.05, 0) is 141 Å². The second kappa shape index (κ2) is 45.8. The van der Waals surface area contributed by atoms with Crippen molar-refractivity contribution in [3.63, 3.8) is 0 Å². The van der Waals surface area contributed by atoms with E-state index in [1.807, 2.05) is 0 Å². The topological polar surface area (TPSA) is 121 Å². The summed E-state index contributed by atoms with van der Waals surface area (Å²) in [5, 5.41) is 12.9. The Labute approximate surface area is 490 Å². The maximum Gasteiger partial charge on any atom is 0.288 e. The first-order valence-electron chi connectivity index (χ1n) is 33.2. The van der Waals surface area contributed by atoms with Crippen LogP contribution in [0.3, 0.4) is 0 Å². The Morgan fingerprint density at radius 1 is 0.430 bits per heavy atom. The zero-order valence-corrected chi connectivity index (χ0v) is 55.7. The van der Waals surface area contributed by atoms with Crippen LogP contribution in [0.1, 0.15) is 311 Å². The zero-order chi connectivity index (χ0) is 59.5. The lowest BCUT2D eigenvalue weighted by Gasteiger charge is -2.46. The summed E-state index contributed by atoms with van der Waals surface area (Å²) in [6.07, 6.45) is 24.6. The average Bonchev–Trinajstić information content (AvgIpc) is 3.38. The maximum absolute atomic E-state index is 12.9. The first kappa shape index (κ1) is 78.5. The van der Waals surface area contributed by atoms with Crippen molar-refractivity contribution in [2.24, 2.45) is 23.2 Å². The molecule has 0 aromatic heterocycles. The molecule has 0 heterocycles. The van der Waals surface area contributed by atoms with Crippen LogP contribution in [0.25, 0.3) is 0 Å². The highest BCUT2D eigenvalue weighted by atomic mass is 16.9. The SMILES string of the molecule is CCCCCCCOC(CCCCCCCOC([O])C(CC)CCCC)(OC(CCCCCOCC(C)(C)C)OC(C)(C)CC(OCCC(C)C)(OCC(C)C)OC(C)(CCCC)OCCCCOCCC)OC(C)(CC)CC. The third kappa shape index (κ3) is 41.3. The highest BCUT2D eigenvalue weighted by molar-refractivity contribution is 4.82. The van der Waals surface area contributed by atoms with Crippen LogP contribution < -0.4 is 0 Å². The molecule has 0 aliphatic carbocycles. The van der Waals surface area contributed by atoms with E-state index >= 15 is 0 Å². The minimum absolute atomic E-state index is 0.0849. The lowest BCUT2D eigenvalue weighted by atomic mass is 9.99. The van der Waals surface area contributed by atoms with Gasteiger partial charge in [0, 0.05) is 45.2 Å². The van der Waals surface area contributed by atoms with E-state index in [4.69, 9.17) is 52.1 Å². The summed E-state index contributed by atoms with van der Waals surface area (Å²) in [6.45, 7) is 44.4. The fraction of sp³-hybridized carbons (Fsp3) is 1.00. The normalized spacial score (nSPS) is 16.4. The summed E-state index contributed by atoms with van der Waals surface area (Å²) in [6, 6.07) is 0. The highest BCUT2D eigenvalue weighted by Crippen LogP contribution is 2.40. The van der Waals surface area contributed by atoms with E-state index in [0.29, 0.717) is 64.8 Å². The number of hydrogen-bond acceptors (Lipinski definition) is 11. The predicted octanol–water partition coefficient (Wildman–Crippen LogP) is 19.2. The number of hydrogen-bond donors (Lipinski definition) is 0. The molecular weight excluding hydrogens is 997 g/mol. The van der Waals surface area contributed by atoms with Crippen molar-refractivity contribution in [3.05, 3.63) is 0 Å². The van der Waals surface area contributed by atoms with Gasteiger partial charge in [0.25, 0.3) is 11.9 Å². The predicted molar refractivity (Wildman–Crippen MR) is 327 cm³/mol. The molecule has 0 aromatic carbocycles. The second-order valence-electron chi connectivity index (χ2n) is 26.3. The van der Waals surface area contributed by atoms with Crippen molar-refractivity contribution < 1.29 is 57.2 Å². The molecule has 0 bridgehead atoms. The minimum Gasteiger partial charge on any atom is -0.381 e. The molecule has 0 N–H and O–H groups in total. The van der Waals surface area contributed by atoms with Crippen molar-refractivity contribution >= 4 is 0 Å². The molecule has 12 nitrogen and oxygen atoms in total. The summed E-state index contributed by atoms with van der Waals surface area (Å²) < 4.78 is 75.2. The van der Waals surface area contributed by atoms with Crippen molar-refractivity contribution in [2.75, 3.05) is 59.5 Å². The third-order valence-corrected chi connectivity index (χ3v) is 14.8. The van der Waals surface area contributed by atoms with Crippen LogP contribution in [0.15, 0.2) is 0 Å². The monoisotopic (exact) mass is 1130 g/mol. The van der Waals surface area contributed by atoms with E-state index in [2.05, 4.69) is 125 Å². The first-order chi connectivity index (χ1) is 37.4. The van der Waals surface area contributed by atoms with E-state index in [-0.39, 0.29) is 23.7 Å². The summed E-state index contributed by atoms with van der Waals surface area (Å²) in [4.78, 5) is 0. The van der Waals surface area contributed by atoms with Gasteiger partial charge < -0.3 is 42.6 Å². The highest BCUT2D eigenvalue weighted by Gasteiger charge is 2.49. The minimum atomic E-state index is -1.50. The van der Waals surface area contributed by atoms with Crippen LogP contribution in [0.5, 0.6) is 0 Å². The molecule has 0 amide bonds. The van der Waals surface area contributed by atoms with Gasteiger partial charge in [0.1, 0.15) is 0 Å². The molecular formula is C67H135O12. The molecule has 0 saturated heterocycles. The van der Waals surface area contributed by atoms with Gasteiger partial charge >= 0.3 is 0 Å². The fourth-order valence-electron chi connectivity index (χ4n) is 9.42. The molecule has 0 saturated carbocycles. The number of unbranched alkanes of at least 4 members (excludes halogenated alkanes) is 13. The van der Waals surface area contributed by atoms with Crippen LogP contribution in [0.4, 0.5) is 0 Å². The van der Waals surface area contributed by atoms with Gasteiger partial charge in [-0.3, -0.25) is 9.47 Å². The van der Waals surface area contributed by atoms with Crippen LogP contribution in [-0.2, 0) is 57.2 Å². The van der Waals surface area contributed by atoms with E-state index < -0.39 is 41.5 Å². The zero-order valence-electron chi connectivity index (χ0n) is 55.7. The van der Waals surface area contributed by atoms with E-state index in [1.54, 1.807) is 0 Å². The molecule has 6 unspecified atom stereocenters. The Kier molecular flexibility index (Phi) is 45.6. The van der Waals surface area contributed by atoms with Crippen LogP contribution in [0, 0.1) is 23.2 Å². The van der Waals surface area contributed by atoms with Gasteiger partial charge in [0.05, 0.1) is 50.7 Å². The fourth-order valence-corrected chi connectivity index (χ4v) is 9.42. The molecule has 0 rings (SSSR count). The summed E-state index contributed by atoms with van der Waals surface area (Å²) >= 11 is 0. The Morgan fingerprint density at radius 2 is 1.00 bits per heavy atom. The number of rotatable bonds is 58. The van der Waals surface area contributed by atoms with Gasteiger partial charge in [-0.15, -0.1) is 0 Å². The largest absolute Gasteiger partial charge is 0.381 e. The third-order valence-electron chi connectivity index (χ3n) is 14.8. The summed E-state index contributed by atoms with van der Waals surface area (Å²) in [5.74, 6) is -3.14. The molecule has 0 aromatic rings. The quantitative estimate of drug-likeness (QED) is 0.0427. The van der Waals surface area contributed by atoms with Gasteiger partial charge in [-0.2, -0.15) is 0 Å². The van der Waals surface area contributed by atoms with E-state index in [1.165, 1.54) is 19.3 Å². The van der Waals surface area contributed by atoms with Gasteiger partial charge in [0.15, 0.2) is 18.4 Å². The summed E-state index contributed by atoms with van der Waals surface area (Å²) in [7, 11) is 0. The van der Waals surface area contributed by atoms with Gasteiger partial charge in [-0.25, -0.2) is 5.11 Å². The van der Waals surface area contributed by atoms with Crippen molar-refractivity contribution in [2.45, 2.75) is 352 Å². The van der Waals surface area contributed by atoms with Crippen molar-refractivity contribution in [3.8, 4) is 0 Å². The average molecular weight is 1130 g/mol. The van der Waals surface area contributed by atoms with Crippen LogP contribution >= 0.6 is 0 Å². The molecule has 12 heteroatoms. The molecule has 0 aliphatic rings. The standard InChI is InChI=1S/C67H135O12/c1-19-26-29-32-39-52-73-66(78-64(17,24-6)25-7,46-36-31-30-33-38-50-71-61(68)59(23-5)42-27-20-2)77-60(43-35-34-37-49-70-56-62(12,13)14)76-63(15,16)55-67(75-54-58(10)11,74-53-44-57(8)9)79-65(18,45-28-21-3)72-51-41-40-48-69-47-22-4/h57-61H,19-56H2,1-18H3. The molecule has 0 spiro atoms. The van der Waals surface area contributed by atoms with Gasteiger partial charge in [-0.1, -0.05) is 168 Å². The van der Waals surface area contributed by atoms with Gasteiger partial charge in [0.2, 0.25) is 0 Å². The smallest absolute Gasteiger partial charge is 0.288 e. The van der Waals surface area contributed by atoms with Crippen molar-refractivity contribution in [1.82, 2.24) is 0 Å². The molecule has 1 radical (unpaired) electrons. The summed E-state index contributed by atoms with van der Waals surface area (Å²) in [5.41, 5.74) is -1.29. The van der Waals surface area contributed by atoms with Crippen molar-refractivity contribution in [1.29, 1.82) is 0 Å². The molecule has 0 fully saturated rings. The molecule has 6 atom stereocenters. The Hall–Kier alpha value is -0.480. The molecule has 0 aliphatic heterocycles. The second-order valence-corrected chi connectivity index (χ2v) is 26.3. The lowest BCUT2D eigenvalue weighted by molar-refractivity contribution is -0.468. The van der Waals surface area contributed by atoms with E-state index in [0.717, 1.165) is 161 Å². The molecule has 79 heavy (non-hydrogen) atoms. The van der Waals surface area contributed by atoms with Crippen LogP contribution in [0.2, 0.25) is 0 Å². The maximum atomic E-state index is 12.9.